The first kappa shape index (κ1) is 36.7. The molecule has 6 heteroatoms. The molecule has 6 nitrogen and oxygen atoms in total. The Morgan fingerprint density at radius 2 is 1.12 bits per heavy atom. The Kier molecular flexibility index (Phi) is 20.4. The molecule has 0 saturated heterocycles. The van der Waals surface area contributed by atoms with Crippen molar-refractivity contribution in [2.24, 2.45) is 0 Å². The van der Waals surface area contributed by atoms with E-state index < -0.39 is 5.63 Å². The second kappa shape index (κ2) is 23.9. The van der Waals surface area contributed by atoms with Crippen molar-refractivity contribution in [3.8, 4) is 11.5 Å². The summed E-state index contributed by atoms with van der Waals surface area (Å²) in [6.07, 6.45) is 28.6. The van der Waals surface area contributed by atoms with E-state index in [4.69, 9.17) is 9.15 Å². The fourth-order valence-corrected chi connectivity index (χ4v) is 5.75. The molecule has 1 aromatic carbocycles. The SMILES string of the molecule is CCCCCCCCCCCCCCCCCCN(CCCCCCCC)C(=O)COc1ccc2c(O)cc(=O)oc2c1. The van der Waals surface area contributed by atoms with Crippen LogP contribution in [0.4, 0.5) is 0 Å². The number of rotatable bonds is 27. The molecule has 0 bridgehead atoms. The Balaban J connectivity index is 1.64. The monoisotopic (exact) mass is 599 g/mol. The van der Waals surface area contributed by atoms with Crippen molar-refractivity contribution in [3.63, 3.8) is 0 Å². The third-order valence-corrected chi connectivity index (χ3v) is 8.47. The second-order valence-corrected chi connectivity index (χ2v) is 12.3. The van der Waals surface area contributed by atoms with Gasteiger partial charge in [0.15, 0.2) is 6.61 Å². The molecule has 0 fully saturated rings. The third-order valence-electron chi connectivity index (χ3n) is 8.47. The minimum atomic E-state index is -0.623. The number of benzene rings is 1. The van der Waals surface area contributed by atoms with Gasteiger partial charge in [-0.25, -0.2) is 4.79 Å². The largest absolute Gasteiger partial charge is 0.507 e. The van der Waals surface area contributed by atoms with Gasteiger partial charge in [0, 0.05) is 19.2 Å². The highest BCUT2D eigenvalue weighted by Crippen LogP contribution is 2.26. The molecular formula is C37H61NO5. The molecule has 1 aromatic heterocycles. The van der Waals surface area contributed by atoms with Crippen LogP contribution in [-0.2, 0) is 4.79 Å². The first-order valence-electron chi connectivity index (χ1n) is 17.7. The summed E-state index contributed by atoms with van der Waals surface area (Å²) in [5.74, 6) is 0.307. The topological polar surface area (TPSA) is 80.0 Å². The highest BCUT2D eigenvalue weighted by molar-refractivity contribution is 5.84. The summed E-state index contributed by atoms with van der Waals surface area (Å²) < 4.78 is 11.0. The molecule has 0 aliphatic heterocycles. The molecule has 0 radical (unpaired) electrons. The predicted molar refractivity (Wildman–Crippen MR) is 179 cm³/mol. The lowest BCUT2D eigenvalue weighted by atomic mass is 10.0. The molecular weight excluding hydrogens is 538 g/mol. The van der Waals surface area contributed by atoms with Crippen LogP contribution in [0.2, 0.25) is 0 Å². The Bertz CT molecular complexity index is 1050. The van der Waals surface area contributed by atoms with Crippen LogP contribution in [0, 0.1) is 0 Å². The van der Waals surface area contributed by atoms with E-state index in [9.17, 15) is 14.7 Å². The zero-order valence-corrected chi connectivity index (χ0v) is 27.5. The van der Waals surface area contributed by atoms with E-state index in [0.29, 0.717) is 11.1 Å². The van der Waals surface area contributed by atoms with Gasteiger partial charge in [0.2, 0.25) is 0 Å². The number of carbonyl (C=O) groups is 1. The quantitative estimate of drug-likeness (QED) is 0.0816. The fraction of sp³-hybridized carbons (Fsp3) is 0.730. The second-order valence-electron chi connectivity index (χ2n) is 12.3. The molecule has 2 aromatic rings. The summed E-state index contributed by atoms with van der Waals surface area (Å²) in [7, 11) is 0. The van der Waals surface area contributed by atoms with Crippen LogP contribution in [0.1, 0.15) is 155 Å². The van der Waals surface area contributed by atoms with Gasteiger partial charge in [0.25, 0.3) is 5.91 Å². The molecule has 43 heavy (non-hydrogen) atoms. The van der Waals surface area contributed by atoms with Crippen LogP contribution in [-0.4, -0.2) is 35.6 Å². The summed E-state index contributed by atoms with van der Waals surface area (Å²) in [5.41, 5.74) is -0.380. The molecule has 0 saturated carbocycles. The van der Waals surface area contributed by atoms with Crippen molar-refractivity contribution in [1.82, 2.24) is 4.90 Å². The molecule has 0 atom stereocenters. The number of hydrogen-bond donors (Lipinski definition) is 1. The fourth-order valence-electron chi connectivity index (χ4n) is 5.75. The lowest BCUT2D eigenvalue weighted by Gasteiger charge is -2.23. The summed E-state index contributed by atoms with van der Waals surface area (Å²) in [5, 5.41) is 10.4. The zero-order chi connectivity index (χ0) is 31.0. The van der Waals surface area contributed by atoms with Gasteiger partial charge in [0.05, 0.1) is 11.5 Å². The first-order valence-corrected chi connectivity index (χ1v) is 17.7. The van der Waals surface area contributed by atoms with Crippen LogP contribution < -0.4 is 10.4 Å². The first-order chi connectivity index (χ1) is 21.0. The van der Waals surface area contributed by atoms with Crippen LogP contribution >= 0.6 is 0 Å². The van der Waals surface area contributed by atoms with Crippen LogP contribution in [0.5, 0.6) is 11.5 Å². The van der Waals surface area contributed by atoms with Gasteiger partial charge in [-0.3, -0.25) is 4.79 Å². The predicted octanol–water partition coefficient (Wildman–Crippen LogP) is 10.3. The highest BCUT2D eigenvalue weighted by Gasteiger charge is 2.15. The molecule has 0 unspecified atom stereocenters. The standard InChI is InChI=1S/C37H61NO5/c1-3-5-7-9-11-12-13-14-15-16-17-18-19-20-22-24-28-38(27-23-21-10-8-6-4-2)36(40)31-42-32-25-26-33-34(39)30-37(41)43-35(33)29-32/h25-26,29-30,39H,3-24,27-28,31H2,1-2H3. The molecule has 2 rings (SSSR count). The lowest BCUT2D eigenvalue weighted by molar-refractivity contribution is -0.133. The molecule has 1 N–H and O–H groups in total. The van der Waals surface area contributed by atoms with E-state index >= 15 is 0 Å². The number of amides is 1. The average molecular weight is 600 g/mol. The normalized spacial score (nSPS) is 11.3. The van der Waals surface area contributed by atoms with E-state index in [0.717, 1.165) is 44.8 Å². The highest BCUT2D eigenvalue weighted by atomic mass is 16.5. The Labute approximate surface area is 261 Å². The van der Waals surface area contributed by atoms with Crippen LogP contribution in [0.15, 0.2) is 33.5 Å². The van der Waals surface area contributed by atoms with E-state index in [2.05, 4.69) is 13.8 Å². The lowest BCUT2D eigenvalue weighted by Crippen LogP contribution is -2.36. The van der Waals surface area contributed by atoms with Crippen molar-refractivity contribution in [2.75, 3.05) is 19.7 Å². The van der Waals surface area contributed by atoms with Gasteiger partial charge < -0.3 is 19.2 Å². The van der Waals surface area contributed by atoms with E-state index in [-0.39, 0.29) is 23.8 Å². The van der Waals surface area contributed by atoms with Gasteiger partial charge in [-0.05, 0) is 25.0 Å². The number of aromatic hydroxyl groups is 1. The maximum Gasteiger partial charge on any atom is 0.339 e. The zero-order valence-electron chi connectivity index (χ0n) is 27.5. The van der Waals surface area contributed by atoms with Gasteiger partial charge >= 0.3 is 5.63 Å². The molecule has 1 amide bonds. The Morgan fingerprint density at radius 3 is 1.58 bits per heavy atom. The average Bonchev–Trinajstić information content (AvgIpc) is 3.00. The Hall–Kier alpha value is -2.50. The Morgan fingerprint density at radius 1 is 0.674 bits per heavy atom. The summed E-state index contributed by atoms with van der Waals surface area (Å²) in [4.78, 5) is 26.7. The van der Waals surface area contributed by atoms with Gasteiger partial charge in [-0.1, -0.05) is 142 Å². The number of nitrogens with zero attached hydrogens (tertiary/aromatic N) is 1. The number of hydrogen-bond acceptors (Lipinski definition) is 5. The third kappa shape index (κ3) is 16.8. The van der Waals surface area contributed by atoms with Gasteiger partial charge in [0.1, 0.15) is 17.1 Å². The van der Waals surface area contributed by atoms with E-state index in [1.54, 1.807) is 18.2 Å². The number of ether oxygens (including phenoxy) is 1. The minimum Gasteiger partial charge on any atom is -0.507 e. The molecule has 0 aliphatic carbocycles. The molecule has 1 heterocycles. The summed E-state index contributed by atoms with van der Waals surface area (Å²) >= 11 is 0. The van der Waals surface area contributed by atoms with Crippen molar-refractivity contribution >= 4 is 16.9 Å². The number of unbranched alkanes of at least 4 members (excludes halogenated alkanes) is 20. The van der Waals surface area contributed by atoms with Crippen molar-refractivity contribution in [2.45, 2.75) is 155 Å². The molecule has 0 aliphatic rings. The maximum atomic E-state index is 13.1. The summed E-state index contributed by atoms with van der Waals surface area (Å²) in [6.45, 7) is 6.00. The van der Waals surface area contributed by atoms with E-state index in [1.165, 1.54) is 116 Å². The smallest absolute Gasteiger partial charge is 0.339 e. The minimum absolute atomic E-state index is 0.00743. The van der Waals surface area contributed by atoms with Crippen molar-refractivity contribution in [1.29, 1.82) is 0 Å². The van der Waals surface area contributed by atoms with Crippen LogP contribution in [0.3, 0.4) is 0 Å². The van der Waals surface area contributed by atoms with Crippen LogP contribution in [0.25, 0.3) is 11.0 Å². The van der Waals surface area contributed by atoms with E-state index in [1.807, 2.05) is 4.90 Å². The summed E-state index contributed by atoms with van der Waals surface area (Å²) in [6, 6.07) is 5.92. The van der Waals surface area contributed by atoms with Gasteiger partial charge in [-0.2, -0.15) is 0 Å². The van der Waals surface area contributed by atoms with Crippen molar-refractivity contribution in [3.05, 3.63) is 34.7 Å². The molecule has 0 spiro atoms. The van der Waals surface area contributed by atoms with Crippen molar-refractivity contribution < 1.29 is 19.1 Å². The maximum absolute atomic E-state index is 13.1. The number of carbonyl (C=O) groups excluding carboxylic acids is 1. The molecule has 244 valence electrons. The number of fused-ring (bicyclic) bond motifs is 1. The van der Waals surface area contributed by atoms with Gasteiger partial charge in [-0.15, -0.1) is 0 Å².